The van der Waals surface area contributed by atoms with Crippen molar-refractivity contribution >= 4 is 33.7 Å². The number of carbonyl (C=O) groups is 1. The van der Waals surface area contributed by atoms with Crippen molar-refractivity contribution in [2.24, 2.45) is 0 Å². The number of halogens is 1. The first-order valence-electron chi connectivity index (χ1n) is 2.63. The van der Waals surface area contributed by atoms with E-state index in [1.54, 1.807) is 0 Å². The van der Waals surface area contributed by atoms with Gasteiger partial charge in [-0.2, -0.15) is 11.8 Å². The minimum Gasteiger partial charge on any atom is -0.481 e. The molecule has 9 heavy (non-hydrogen) atoms. The second kappa shape index (κ2) is 6.42. The molecule has 4 heteroatoms. The van der Waals surface area contributed by atoms with Gasteiger partial charge in [0.2, 0.25) is 0 Å². The monoisotopic (exact) mass is 212 g/mol. The van der Waals surface area contributed by atoms with E-state index < -0.39 is 5.97 Å². The number of hydrogen-bond acceptors (Lipinski definition) is 2. The zero-order valence-corrected chi connectivity index (χ0v) is 7.37. The van der Waals surface area contributed by atoms with Gasteiger partial charge in [-0.3, -0.25) is 4.79 Å². The molecule has 0 unspecified atom stereocenters. The molecule has 0 amide bonds. The van der Waals surface area contributed by atoms with E-state index in [-0.39, 0.29) is 5.75 Å². The molecule has 0 rings (SSSR count). The fraction of sp³-hybridized carbons (Fsp3) is 0.800. The molecule has 2 nitrogen and oxygen atoms in total. The Morgan fingerprint density at radius 1 is 1.67 bits per heavy atom. The van der Waals surface area contributed by atoms with Gasteiger partial charge in [0.15, 0.2) is 0 Å². The molecule has 0 heterocycles. The largest absolute Gasteiger partial charge is 0.481 e. The maximum atomic E-state index is 9.93. The average molecular weight is 213 g/mol. The molecule has 54 valence electrons. The maximum Gasteiger partial charge on any atom is 0.313 e. The maximum absolute atomic E-state index is 9.93. The Morgan fingerprint density at radius 3 is 2.78 bits per heavy atom. The number of carboxylic acid groups (broad SMARTS) is 1. The van der Waals surface area contributed by atoms with Crippen LogP contribution in [0.15, 0.2) is 0 Å². The molecule has 0 radical (unpaired) electrons. The molecular weight excluding hydrogens is 204 g/mol. The van der Waals surface area contributed by atoms with Crippen molar-refractivity contribution in [3.05, 3.63) is 0 Å². The first kappa shape index (κ1) is 9.30. The van der Waals surface area contributed by atoms with E-state index in [4.69, 9.17) is 5.11 Å². The zero-order valence-electron chi connectivity index (χ0n) is 4.97. The Hall–Kier alpha value is 0.300. The van der Waals surface area contributed by atoms with Crippen molar-refractivity contribution < 1.29 is 9.90 Å². The number of carboxylic acids is 1. The molecular formula is C5H9BrO2S. The van der Waals surface area contributed by atoms with Crippen molar-refractivity contribution in [3.8, 4) is 0 Å². The predicted octanol–water partition coefficient (Wildman–Crippen LogP) is 1.59. The van der Waals surface area contributed by atoms with Crippen molar-refractivity contribution in [2.45, 2.75) is 6.42 Å². The molecule has 0 saturated carbocycles. The van der Waals surface area contributed by atoms with E-state index >= 15 is 0 Å². The third-order valence-electron chi connectivity index (χ3n) is 0.648. The third kappa shape index (κ3) is 8.30. The molecule has 0 spiro atoms. The Bertz CT molecular complexity index is 87.0. The van der Waals surface area contributed by atoms with E-state index in [9.17, 15) is 4.79 Å². The highest BCUT2D eigenvalue weighted by atomic mass is 79.9. The summed E-state index contributed by atoms with van der Waals surface area (Å²) in [6, 6.07) is 0. The Morgan fingerprint density at radius 2 is 2.33 bits per heavy atom. The number of alkyl halides is 1. The van der Waals surface area contributed by atoms with Crippen molar-refractivity contribution in [1.29, 1.82) is 0 Å². The van der Waals surface area contributed by atoms with Gasteiger partial charge in [-0.1, -0.05) is 15.9 Å². The molecule has 0 aromatic heterocycles. The summed E-state index contributed by atoms with van der Waals surface area (Å²) in [6.45, 7) is 0. The lowest BCUT2D eigenvalue weighted by molar-refractivity contribution is -0.133. The molecule has 0 aromatic rings. The van der Waals surface area contributed by atoms with Crippen molar-refractivity contribution in [2.75, 3.05) is 16.8 Å². The lowest BCUT2D eigenvalue weighted by Crippen LogP contribution is -1.98. The summed E-state index contributed by atoms with van der Waals surface area (Å²) in [5.74, 6) is 0.430. The highest BCUT2D eigenvalue weighted by Gasteiger charge is 1.94. The number of rotatable bonds is 5. The smallest absolute Gasteiger partial charge is 0.313 e. The van der Waals surface area contributed by atoms with Gasteiger partial charge in [0.05, 0.1) is 5.75 Å². The second-order valence-electron chi connectivity index (χ2n) is 1.49. The molecule has 0 fully saturated rings. The summed E-state index contributed by atoms with van der Waals surface area (Å²) in [4.78, 5) is 9.93. The Labute approximate surface area is 67.1 Å². The first-order valence-corrected chi connectivity index (χ1v) is 4.90. The van der Waals surface area contributed by atoms with Crippen LogP contribution in [0, 0.1) is 0 Å². The summed E-state index contributed by atoms with van der Waals surface area (Å²) in [5.41, 5.74) is 0. The minimum absolute atomic E-state index is 0.229. The topological polar surface area (TPSA) is 37.3 Å². The van der Waals surface area contributed by atoms with Gasteiger partial charge in [-0.25, -0.2) is 0 Å². The normalized spacial score (nSPS) is 9.44. The first-order chi connectivity index (χ1) is 4.27. The van der Waals surface area contributed by atoms with Crippen LogP contribution in [0.2, 0.25) is 0 Å². The van der Waals surface area contributed by atoms with Crippen LogP contribution in [0.4, 0.5) is 0 Å². The van der Waals surface area contributed by atoms with Gasteiger partial charge < -0.3 is 5.11 Å². The van der Waals surface area contributed by atoms with E-state index in [1.165, 1.54) is 11.8 Å². The summed E-state index contributed by atoms with van der Waals surface area (Å²) < 4.78 is 0. The molecule has 0 aliphatic rings. The minimum atomic E-state index is -0.727. The number of hydrogen-bond donors (Lipinski definition) is 1. The van der Waals surface area contributed by atoms with Crippen LogP contribution in [0.1, 0.15) is 6.42 Å². The Kier molecular flexibility index (Phi) is 6.63. The highest BCUT2D eigenvalue weighted by Crippen LogP contribution is 2.02. The van der Waals surface area contributed by atoms with Gasteiger partial charge >= 0.3 is 5.97 Å². The molecule has 0 aromatic carbocycles. The number of aliphatic carboxylic acids is 1. The number of thioether (sulfide) groups is 1. The second-order valence-corrected chi connectivity index (χ2v) is 3.39. The van der Waals surface area contributed by atoms with Crippen molar-refractivity contribution in [1.82, 2.24) is 0 Å². The summed E-state index contributed by atoms with van der Waals surface area (Å²) in [7, 11) is 0. The Balaban J connectivity index is 2.83. The molecule has 0 aliphatic heterocycles. The van der Waals surface area contributed by atoms with Crippen LogP contribution in [0.5, 0.6) is 0 Å². The zero-order chi connectivity index (χ0) is 7.11. The standard InChI is InChI=1S/C5H9BrO2S/c6-2-1-3-9-4-5(7)8/h1-4H2,(H,7,8). The average Bonchev–Trinajstić information content (AvgIpc) is 1.80. The summed E-state index contributed by atoms with van der Waals surface area (Å²) >= 11 is 4.71. The molecule has 0 bridgehead atoms. The summed E-state index contributed by atoms with van der Waals surface area (Å²) in [6.07, 6.45) is 1.04. The SMILES string of the molecule is O=C(O)CSCCCBr. The van der Waals surface area contributed by atoms with Gasteiger partial charge in [-0.15, -0.1) is 0 Å². The molecule has 0 aliphatic carbocycles. The van der Waals surface area contributed by atoms with Gasteiger partial charge in [0.1, 0.15) is 0 Å². The van der Waals surface area contributed by atoms with Crippen LogP contribution in [-0.4, -0.2) is 27.9 Å². The quantitative estimate of drug-likeness (QED) is 0.556. The van der Waals surface area contributed by atoms with Crippen LogP contribution in [0.25, 0.3) is 0 Å². The summed E-state index contributed by atoms with van der Waals surface area (Å²) in [5, 5.41) is 9.14. The van der Waals surface area contributed by atoms with Gasteiger partial charge in [0, 0.05) is 5.33 Å². The van der Waals surface area contributed by atoms with E-state index in [1.807, 2.05) is 0 Å². The van der Waals surface area contributed by atoms with E-state index in [2.05, 4.69) is 15.9 Å². The lowest BCUT2D eigenvalue weighted by Gasteiger charge is -1.92. The highest BCUT2D eigenvalue weighted by molar-refractivity contribution is 9.09. The van der Waals surface area contributed by atoms with Gasteiger partial charge in [-0.05, 0) is 12.2 Å². The van der Waals surface area contributed by atoms with Crippen LogP contribution < -0.4 is 0 Å². The molecule has 0 saturated heterocycles. The molecule has 0 atom stereocenters. The van der Waals surface area contributed by atoms with E-state index in [0.717, 1.165) is 17.5 Å². The fourth-order valence-corrected chi connectivity index (χ4v) is 1.64. The third-order valence-corrected chi connectivity index (χ3v) is 2.24. The predicted molar refractivity (Wildman–Crippen MR) is 43.4 cm³/mol. The van der Waals surface area contributed by atoms with Gasteiger partial charge in [0.25, 0.3) is 0 Å². The van der Waals surface area contributed by atoms with E-state index in [0.29, 0.717) is 0 Å². The fourth-order valence-electron chi connectivity index (χ4n) is 0.316. The van der Waals surface area contributed by atoms with Crippen LogP contribution in [-0.2, 0) is 4.79 Å². The van der Waals surface area contributed by atoms with Crippen LogP contribution >= 0.6 is 27.7 Å². The molecule has 1 N–H and O–H groups in total. The lowest BCUT2D eigenvalue weighted by atomic mass is 10.6. The van der Waals surface area contributed by atoms with Crippen molar-refractivity contribution in [3.63, 3.8) is 0 Å². The van der Waals surface area contributed by atoms with Crippen LogP contribution in [0.3, 0.4) is 0 Å².